The number of hydrogen-bond acceptors (Lipinski definition) is 4. The molecule has 0 saturated carbocycles. The molecule has 0 spiro atoms. The molecule has 0 atom stereocenters. The van der Waals surface area contributed by atoms with E-state index in [2.05, 4.69) is 25.7 Å². The molecule has 19 heavy (non-hydrogen) atoms. The Morgan fingerprint density at radius 3 is 2.32 bits per heavy atom. The Morgan fingerprint density at radius 1 is 1.26 bits per heavy atom. The van der Waals surface area contributed by atoms with Crippen LogP contribution in [0.25, 0.3) is 6.08 Å². The standard InChI is InChI=1S/C13H21O4PSi/c1-16-18(15,17-2)13(14)10-11-7-6-8-12(9-11)19(3,4)5/h6-10,14H,1-5H3/b13-10+. The van der Waals surface area contributed by atoms with Crippen molar-refractivity contribution in [2.45, 2.75) is 19.6 Å². The maximum absolute atomic E-state index is 12.0. The van der Waals surface area contributed by atoms with E-state index in [0.717, 1.165) is 5.56 Å². The van der Waals surface area contributed by atoms with Crippen molar-refractivity contribution in [3.05, 3.63) is 35.3 Å². The molecule has 1 aromatic rings. The molecule has 0 aromatic heterocycles. The molecule has 0 aliphatic rings. The number of aliphatic hydroxyl groups is 1. The predicted molar refractivity (Wildman–Crippen MR) is 81.7 cm³/mol. The molecule has 0 bridgehead atoms. The minimum Gasteiger partial charge on any atom is -0.501 e. The molecular formula is C13H21O4PSi. The average molecular weight is 300 g/mol. The summed E-state index contributed by atoms with van der Waals surface area (Å²) in [4.78, 5) is 0. The fourth-order valence-corrected chi connectivity index (χ4v) is 3.61. The minimum absolute atomic E-state index is 0.384. The lowest BCUT2D eigenvalue weighted by molar-refractivity contribution is 0.262. The zero-order valence-electron chi connectivity index (χ0n) is 12.0. The molecule has 0 heterocycles. The third-order valence-electron chi connectivity index (χ3n) is 2.81. The number of hydrogen-bond donors (Lipinski definition) is 1. The second-order valence-corrected chi connectivity index (χ2v) is 12.5. The van der Waals surface area contributed by atoms with Crippen LogP contribution in [-0.4, -0.2) is 27.4 Å². The van der Waals surface area contributed by atoms with E-state index in [1.807, 2.05) is 18.2 Å². The topological polar surface area (TPSA) is 55.8 Å². The molecule has 4 nitrogen and oxygen atoms in total. The van der Waals surface area contributed by atoms with Crippen molar-refractivity contribution in [1.29, 1.82) is 0 Å². The first kappa shape index (κ1) is 16.2. The highest BCUT2D eigenvalue weighted by atomic mass is 31.2. The average Bonchev–Trinajstić information content (AvgIpc) is 2.37. The Hall–Kier alpha value is -0.873. The van der Waals surface area contributed by atoms with Gasteiger partial charge in [0, 0.05) is 14.2 Å². The van der Waals surface area contributed by atoms with E-state index < -0.39 is 15.7 Å². The van der Waals surface area contributed by atoms with Gasteiger partial charge >= 0.3 is 7.60 Å². The highest BCUT2D eigenvalue weighted by Crippen LogP contribution is 2.53. The highest BCUT2D eigenvalue weighted by molar-refractivity contribution is 7.58. The predicted octanol–water partition coefficient (Wildman–Crippen LogP) is 3.57. The molecule has 0 aliphatic carbocycles. The summed E-state index contributed by atoms with van der Waals surface area (Å²) in [5.41, 5.74) is 0.400. The molecule has 0 amide bonds. The van der Waals surface area contributed by atoms with Crippen molar-refractivity contribution < 1.29 is 18.7 Å². The Balaban J connectivity index is 3.16. The zero-order valence-corrected chi connectivity index (χ0v) is 13.9. The summed E-state index contributed by atoms with van der Waals surface area (Å²) in [5.74, 6) is 0. The summed E-state index contributed by atoms with van der Waals surface area (Å²) in [6.45, 7) is 6.72. The Kier molecular flexibility index (Phi) is 5.16. The summed E-state index contributed by atoms with van der Waals surface area (Å²) in [7, 11) is -2.50. The van der Waals surface area contributed by atoms with Gasteiger partial charge in [-0.1, -0.05) is 49.1 Å². The van der Waals surface area contributed by atoms with Crippen molar-refractivity contribution in [2.24, 2.45) is 0 Å². The Morgan fingerprint density at radius 2 is 1.84 bits per heavy atom. The van der Waals surface area contributed by atoms with Gasteiger partial charge < -0.3 is 14.2 Å². The van der Waals surface area contributed by atoms with Gasteiger partial charge in [0.05, 0.1) is 8.07 Å². The van der Waals surface area contributed by atoms with Crippen molar-refractivity contribution in [3.63, 3.8) is 0 Å². The maximum Gasteiger partial charge on any atom is 0.394 e. The Labute approximate surface area is 115 Å². The molecule has 0 radical (unpaired) electrons. The Bertz CT molecular complexity index is 512. The van der Waals surface area contributed by atoms with E-state index in [0.29, 0.717) is 0 Å². The summed E-state index contributed by atoms with van der Waals surface area (Å²) < 4.78 is 21.5. The lowest BCUT2D eigenvalue weighted by atomic mass is 10.2. The third-order valence-corrected chi connectivity index (χ3v) is 6.50. The summed E-state index contributed by atoms with van der Waals surface area (Å²) in [5, 5.41) is 11.1. The van der Waals surface area contributed by atoms with Crippen molar-refractivity contribution in [3.8, 4) is 0 Å². The van der Waals surface area contributed by atoms with E-state index >= 15 is 0 Å². The van der Waals surface area contributed by atoms with Crippen LogP contribution in [0.2, 0.25) is 19.6 Å². The van der Waals surface area contributed by atoms with Crippen molar-refractivity contribution in [1.82, 2.24) is 0 Å². The van der Waals surface area contributed by atoms with Gasteiger partial charge in [0.1, 0.15) is 0 Å². The maximum atomic E-state index is 12.0. The van der Waals surface area contributed by atoms with E-state index in [1.165, 1.54) is 25.5 Å². The number of benzene rings is 1. The molecule has 1 aromatic carbocycles. The SMILES string of the molecule is COP(=O)(OC)/C(O)=C/c1cccc([Si](C)(C)C)c1. The van der Waals surface area contributed by atoms with Gasteiger partial charge in [-0.25, -0.2) is 0 Å². The van der Waals surface area contributed by atoms with Crippen LogP contribution in [0.3, 0.4) is 0 Å². The summed E-state index contributed by atoms with van der Waals surface area (Å²) in [6.07, 6.45) is 1.43. The molecule has 0 fully saturated rings. The van der Waals surface area contributed by atoms with Gasteiger partial charge in [0.25, 0.3) is 0 Å². The molecular weight excluding hydrogens is 279 g/mol. The van der Waals surface area contributed by atoms with E-state index in [4.69, 9.17) is 9.05 Å². The normalized spacial score (nSPS) is 13.6. The van der Waals surface area contributed by atoms with Crippen LogP contribution in [0.5, 0.6) is 0 Å². The first-order chi connectivity index (χ1) is 8.73. The first-order valence-electron chi connectivity index (χ1n) is 5.96. The van der Waals surface area contributed by atoms with Crippen LogP contribution in [0.1, 0.15) is 5.56 Å². The number of aliphatic hydroxyl groups excluding tert-OH is 1. The summed E-state index contributed by atoms with van der Waals surface area (Å²) in [6, 6.07) is 7.84. The molecule has 1 N–H and O–H groups in total. The van der Waals surface area contributed by atoms with Crippen LogP contribution >= 0.6 is 7.60 Å². The van der Waals surface area contributed by atoms with Crippen LogP contribution in [-0.2, 0) is 13.6 Å². The van der Waals surface area contributed by atoms with Gasteiger partial charge in [-0.05, 0) is 11.6 Å². The van der Waals surface area contributed by atoms with Crippen LogP contribution in [0.15, 0.2) is 29.8 Å². The van der Waals surface area contributed by atoms with Gasteiger partial charge in [0.15, 0.2) is 0 Å². The quantitative estimate of drug-likeness (QED) is 0.513. The van der Waals surface area contributed by atoms with Crippen LogP contribution in [0, 0.1) is 0 Å². The van der Waals surface area contributed by atoms with Gasteiger partial charge in [-0.15, -0.1) is 0 Å². The van der Waals surface area contributed by atoms with Crippen LogP contribution in [0.4, 0.5) is 0 Å². The second kappa shape index (κ2) is 6.05. The van der Waals surface area contributed by atoms with Gasteiger partial charge in [-0.2, -0.15) is 0 Å². The number of rotatable bonds is 5. The molecule has 6 heteroatoms. The van der Waals surface area contributed by atoms with Crippen LogP contribution < -0.4 is 5.19 Å². The lowest BCUT2D eigenvalue weighted by Gasteiger charge is -2.17. The molecule has 0 unspecified atom stereocenters. The molecule has 0 saturated heterocycles. The first-order valence-corrected chi connectivity index (χ1v) is 11.0. The molecule has 1 rings (SSSR count). The van der Waals surface area contributed by atoms with E-state index in [9.17, 15) is 9.67 Å². The lowest BCUT2D eigenvalue weighted by Crippen LogP contribution is -2.37. The minimum atomic E-state index is -3.57. The van der Waals surface area contributed by atoms with Gasteiger partial charge in [0.2, 0.25) is 5.50 Å². The highest BCUT2D eigenvalue weighted by Gasteiger charge is 2.27. The summed E-state index contributed by atoms with van der Waals surface area (Å²) >= 11 is 0. The largest absolute Gasteiger partial charge is 0.501 e. The fraction of sp³-hybridized carbons (Fsp3) is 0.385. The van der Waals surface area contributed by atoms with E-state index in [1.54, 1.807) is 0 Å². The van der Waals surface area contributed by atoms with E-state index in [-0.39, 0.29) is 5.50 Å². The van der Waals surface area contributed by atoms with Crippen molar-refractivity contribution >= 4 is 26.9 Å². The molecule has 106 valence electrons. The fourth-order valence-electron chi connectivity index (χ4n) is 1.58. The second-order valence-electron chi connectivity index (χ2n) is 5.24. The smallest absolute Gasteiger partial charge is 0.394 e. The zero-order chi connectivity index (χ0) is 14.7. The van der Waals surface area contributed by atoms with Crippen molar-refractivity contribution in [2.75, 3.05) is 14.2 Å². The molecule has 0 aliphatic heterocycles. The van der Waals surface area contributed by atoms with Gasteiger partial charge in [-0.3, -0.25) is 4.57 Å². The third kappa shape index (κ3) is 4.04. The monoisotopic (exact) mass is 300 g/mol.